The van der Waals surface area contributed by atoms with Crippen LogP contribution in [0.3, 0.4) is 0 Å². The normalized spacial score (nSPS) is 11.2. The molecule has 0 aromatic heterocycles. The minimum absolute atomic E-state index is 0.275. The van der Waals surface area contributed by atoms with E-state index in [0.717, 1.165) is 0 Å². The molecule has 4 nitrogen and oxygen atoms in total. The molecule has 2 aromatic carbocycles. The standard InChI is InChI=1S/C15H18N2O2S/c1-2-12-17(15-11-7-6-10-14(15)16)20(18,19)13-8-4-3-5-9-13/h3-11H,2,12,16H2,1H3. The van der Waals surface area contributed by atoms with Crippen LogP contribution in [0, 0.1) is 0 Å². The number of para-hydroxylation sites is 2. The Balaban J connectivity index is 2.52. The van der Waals surface area contributed by atoms with Crippen molar-refractivity contribution in [1.82, 2.24) is 0 Å². The fourth-order valence-electron chi connectivity index (χ4n) is 2.01. The van der Waals surface area contributed by atoms with E-state index >= 15 is 0 Å². The SMILES string of the molecule is CCCN(c1ccccc1N)S(=O)(=O)c1ccccc1. The second-order valence-corrected chi connectivity index (χ2v) is 6.31. The Morgan fingerprint density at radius 3 is 2.20 bits per heavy atom. The van der Waals surface area contributed by atoms with Crippen molar-refractivity contribution in [2.24, 2.45) is 0 Å². The lowest BCUT2D eigenvalue weighted by Crippen LogP contribution is -2.32. The largest absolute Gasteiger partial charge is 0.397 e. The number of sulfonamides is 1. The van der Waals surface area contributed by atoms with Gasteiger partial charge in [-0.25, -0.2) is 8.42 Å². The van der Waals surface area contributed by atoms with Crippen molar-refractivity contribution < 1.29 is 8.42 Å². The highest BCUT2D eigenvalue weighted by Gasteiger charge is 2.25. The molecule has 0 radical (unpaired) electrons. The summed E-state index contributed by atoms with van der Waals surface area (Å²) in [6.45, 7) is 2.33. The van der Waals surface area contributed by atoms with Crippen LogP contribution in [-0.2, 0) is 10.0 Å². The van der Waals surface area contributed by atoms with Crippen molar-refractivity contribution in [1.29, 1.82) is 0 Å². The van der Waals surface area contributed by atoms with E-state index in [-0.39, 0.29) is 4.90 Å². The summed E-state index contributed by atoms with van der Waals surface area (Å²) < 4.78 is 26.9. The first-order valence-corrected chi connectivity index (χ1v) is 7.93. The van der Waals surface area contributed by atoms with E-state index in [2.05, 4.69) is 0 Å². The molecule has 0 amide bonds. The van der Waals surface area contributed by atoms with Gasteiger partial charge in [-0.05, 0) is 30.7 Å². The lowest BCUT2D eigenvalue weighted by atomic mass is 10.2. The second-order valence-electron chi connectivity index (χ2n) is 4.45. The van der Waals surface area contributed by atoms with Crippen molar-refractivity contribution in [3.63, 3.8) is 0 Å². The lowest BCUT2D eigenvalue weighted by Gasteiger charge is -2.25. The summed E-state index contributed by atoms with van der Waals surface area (Å²) in [4.78, 5) is 0.275. The van der Waals surface area contributed by atoms with E-state index in [4.69, 9.17) is 5.73 Å². The van der Waals surface area contributed by atoms with Gasteiger partial charge in [0, 0.05) is 6.54 Å². The maximum absolute atomic E-state index is 12.7. The molecule has 0 unspecified atom stereocenters. The molecule has 0 aliphatic heterocycles. The Labute approximate surface area is 119 Å². The van der Waals surface area contributed by atoms with Crippen LogP contribution in [0.25, 0.3) is 0 Å². The van der Waals surface area contributed by atoms with Gasteiger partial charge >= 0.3 is 0 Å². The molecule has 0 bridgehead atoms. The Hall–Kier alpha value is -2.01. The number of nitrogens with zero attached hydrogens (tertiary/aromatic N) is 1. The molecule has 2 rings (SSSR count). The number of nitrogens with two attached hydrogens (primary N) is 1. The van der Waals surface area contributed by atoms with Gasteiger partial charge in [-0.2, -0.15) is 0 Å². The second kappa shape index (κ2) is 5.96. The number of benzene rings is 2. The molecule has 2 aromatic rings. The summed E-state index contributed by atoms with van der Waals surface area (Å²) in [5.41, 5.74) is 6.91. The van der Waals surface area contributed by atoms with E-state index in [0.29, 0.717) is 24.3 Å². The number of nitrogen functional groups attached to an aromatic ring is 1. The Kier molecular flexibility index (Phi) is 4.29. The van der Waals surface area contributed by atoms with Crippen molar-refractivity contribution in [3.8, 4) is 0 Å². The third-order valence-electron chi connectivity index (χ3n) is 2.96. The fourth-order valence-corrected chi connectivity index (χ4v) is 3.61. The zero-order valence-corrected chi connectivity index (χ0v) is 12.2. The quantitative estimate of drug-likeness (QED) is 0.861. The van der Waals surface area contributed by atoms with Crippen molar-refractivity contribution >= 4 is 21.4 Å². The topological polar surface area (TPSA) is 63.4 Å². The molecular formula is C15H18N2O2S. The van der Waals surface area contributed by atoms with Gasteiger partial charge in [0.25, 0.3) is 10.0 Å². The van der Waals surface area contributed by atoms with Crippen LogP contribution in [0.1, 0.15) is 13.3 Å². The number of rotatable bonds is 5. The molecule has 5 heteroatoms. The zero-order chi connectivity index (χ0) is 14.6. The fraction of sp³-hybridized carbons (Fsp3) is 0.200. The van der Waals surface area contributed by atoms with Gasteiger partial charge in [0.15, 0.2) is 0 Å². The molecule has 106 valence electrons. The van der Waals surface area contributed by atoms with Gasteiger partial charge < -0.3 is 5.73 Å². The summed E-state index contributed by atoms with van der Waals surface area (Å²) in [6, 6.07) is 15.4. The van der Waals surface area contributed by atoms with Gasteiger partial charge in [0.2, 0.25) is 0 Å². The first kappa shape index (κ1) is 14.4. The number of anilines is 2. The van der Waals surface area contributed by atoms with Gasteiger partial charge in [0.1, 0.15) is 0 Å². The van der Waals surface area contributed by atoms with Crippen LogP contribution < -0.4 is 10.0 Å². The third kappa shape index (κ3) is 2.77. The number of hydrogen-bond donors (Lipinski definition) is 1. The maximum atomic E-state index is 12.7. The van der Waals surface area contributed by atoms with Gasteiger partial charge in [-0.3, -0.25) is 4.31 Å². The number of hydrogen-bond acceptors (Lipinski definition) is 3. The van der Waals surface area contributed by atoms with E-state index in [1.807, 2.05) is 6.92 Å². The van der Waals surface area contributed by atoms with E-state index in [1.54, 1.807) is 54.6 Å². The Morgan fingerprint density at radius 2 is 1.60 bits per heavy atom. The smallest absolute Gasteiger partial charge is 0.264 e. The third-order valence-corrected chi connectivity index (χ3v) is 4.79. The molecule has 20 heavy (non-hydrogen) atoms. The first-order valence-electron chi connectivity index (χ1n) is 6.49. The molecule has 2 N–H and O–H groups in total. The summed E-state index contributed by atoms with van der Waals surface area (Å²) in [5.74, 6) is 0. The van der Waals surface area contributed by atoms with Crippen molar-refractivity contribution in [2.75, 3.05) is 16.6 Å². The molecule has 0 spiro atoms. The average molecular weight is 290 g/mol. The molecule has 0 atom stereocenters. The van der Waals surface area contributed by atoms with Crippen LogP contribution in [0.2, 0.25) is 0 Å². The molecular weight excluding hydrogens is 272 g/mol. The predicted octanol–water partition coefficient (Wildman–Crippen LogP) is 2.87. The highest BCUT2D eigenvalue weighted by molar-refractivity contribution is 7.92. The molecule has 0 aliphatic rings. The van der Waals surface area contributed by atoms with Gasteiger partial charge in [-0.15, -0.1) is 0 Å². The molecule has 0 saturated heterocycles. The van der Waals surface area contributed by atoms with Gasteiger partial charge in [0.05, 0.1) is 16.3 Å². The van der Waals surface area contributed by atoms with Crippen LogP contribution >= 0.6 is 0 Å². The van der Waals surface area contributed by atoms with Crippen LogP contribution in [-0.4, -0.2) is 15.0 Å². The van der Waals surface area contributed by atoms with Crippen molar-refractivity contribution in [2.45, 2.75) is 18.2 Å². The minimum atomic E-state index is -3.59. The van der Waals surface area contributed by atoms with E-state index < -0.39 is 10.0 Å². The maximum Gasteiger partial charge on any atom is 0.264 e. The van der Waals surface area contributed by atoms with E-state index in [9.17, 15) is 8.42 Å². The zero-order valence-electron chi connectivity index (χ0n) is 11.4. The van der Waals surface area contributed by atoms with Crippen molar-refractivity contribution in [3.05, 3.63) is 54.6 Å². The first-order chi connectivity index (χ1) is 9.57. The predicted molar refractivity (Wildman–Crippen MR) is 82.1 cm³/mol. The average Bonchev–Trinajstić information content (AvgIpc) is 2.46. The highest BCUT2D eigenvalue weighted by Crippen LogP contribution is 2.28. The molecule has 0 saturated carbocycles. The molecule has 0 aliphatic carbocycles. The monoisotopic (exact) mass is 290 g/mol. The molecule has 0 heterocycles. The summed E-state index contributed by atoms with van der Waals surface area (Å²) in [6.07, 6.45) is 0.709. The Morgan fingerprint density at radius 1 is 1.00 bits per heavy atom. The summed E-state index contributed by atoms with van der Waals surface area (Å²) >= 11 is 0. The summed E-state index contributed by atoms with van der Waals surface area (Å²) in [7, 11) is -3.59. The van der Waals surface area contributed by atoms with Crippen LogP contribution in [0.5, 0.6) is 0 Å². The van der Waals surface area contributed by atoms with E-state index in [1.165, 1.54) is 4.31 Å². The summed E-state index contributed by atoms with van der Waals surface area (Å²) in [5, 5.41) is 0. The minimum Gasteiger partial charge on any atom is -0.397 e. The van der Waals surface area contributed by atoms with Crippen LogP contribution in [0.4, 0.5) is 11.4 Å². The Bertz CT molecular complexity index is 669. The van der Waals surface area contributed by atoms with Gasteiger partial charge in [-0.1, -0.05) is 37.3 Å². The molecule has 0 fully saturated rings. The lowest BCUT2D eigenvalue weighted by molar-refractivity contribution is 0.590. The van der Waals surface area contributed by atoms with Crippen LogP contribution in [0.15, 0.2) is 59.5 Å². The highest BCUT2D eigenvalue weighted by atomic mass is 32.2.